The van der Waals surface area contributed by atoms with Crippen LogP contribution in [-0.4, -0.2) is 15.2 Å². The van der Waals surface area contributed by atoms with Gasteiger partial charge in [0, 0.05) is 6.07 Å². The number of nitrogens with zero attached hydrogens (tertiary/aromatic N) is 2. The van der Waals surface area contributed by atoms with Crippen molar-refractivity contribution < 1.29 is 9.13 Å². The van der Waals surface area contributed by atoms with Crippen LogP contribution in [0, 0.1) is 5.82 Å². The van der Waals surface area contributed by atoms with Gasteiger partial charge in [0.25, 0.3) is 0 Å². The van der Waals surface area contributed by atoms with Crippen molar-refractivity contribution in [3.05, 3.63) is 45.3 Å². The highest BCUT2D eigenvalue weighted by atomic mass is 79.9. The van der Waals surface area contributed by atoms with Crippen molar-refractivity contribution in [1.82, 2.24) is 10.2 Å². The number of nitrogens with two attached hydrogens (primary N) is 1. The highest BCUT2D eigenvalue weighted by molar-refractivity contribution is 9.10. The number of benzene rings is 1. The summed E-state index contributed by atoms with van der Waals surface area (Å²) in [5.41, 5.74) is 5.95. The molecule has 98 valence electrons. The van der Waals surface area contributed by atoms with Gasteiger partial charge in [0.05, 0.1) is 21.3 Å². The van der Waals surface area contributed by atoms with E-state index in [2.05, 4.69) is 26.1 Å². The van der Waals surface area contributed by atoms with Gasteiger partial charge >= 0.3 is 0 Å². The van der Waals surface area contributed by atoms with Crippen molar-refractivity contribution in [3.63, 3.8) is 0 Å². The fourth-order valence-corrected chi connectivity index (χ4v) is 2.14. The minimum absolute atomic E-state index is 0.0204. The molecule has 8 heteroatoms. The molecular weight excluding hydrogens is 357 g/mol. The first kappa shape index (κ1) is 14.1. The van der Waals surface area contributed by atoms with E-state index in [1.807, 2.05) is 0 Å². The maximum Gasteiger partial charge on any atom is 0.249 e. The molecule has 1 heterocycles. The lowest BCUT2D eigenvalue weighted by Gasteiger charge is -2.10. The quantitative estimate of drug-likeness (QED) is 0.669. The van der Waals surface area contributed by atoms with E-state index in [4.69, 9.17) is 34.3 Å². The van der Waals surface area contributed by atoms with Crippen molar-refractivity contribution in [2.24, 2.45) is 5.73 Å². The Balaban J connectivity index is 2.42. The first-order valence-electron chi connectivity index (χ1n) is 4.93. The largest absolute Gasteiger partial charge is 0.436 e. The van der Waals surface area contributed by atoms with Gasteiger partial charge in [-0.15, -0.1) is 5.10 Å². The van der Waals surface area contributed by atoms with E-state index < -0.39 is 5.82 Å². The zero-order valence-electron chi connectivity index (χ0n) is 9.23. The van der Waals surface area contributed by atoms with Crippen molar-refractivity contribution in [1.29, 1.82) is 0 Å². The maximum absolute atomic E-state index is 13.4. The van der Waals surface area contributed by atoms with Crippen LogP contribution in [0.4, 0.5) is 4.39 Å². The zero-order valence-corrected chi connectivity index (χ0v) is 12.4. The summed E-state index contributed by atoms with van der Waals surface area (Å²) in [6.07, 6.45) is 1.43. The Bertz CT molecular complexity index is 656. The number of ether oxygens (including phenoxy) is 1. The predicted molar refractivity (Wildman–Crippen MR) is 77.1 cm³/mol. The third-order valence-corrected chi connectivity index (χ3v) is 3.26. The second-order valence-corrected chi connectivity index (χ2v) is 5.11. The molecule has 0 bridgehead atoms. The molecule has 0 saturated carbocycles. The van der Waals surface area contributed by atoms with Gasteiger partial charge in [-0.05, 0) is 28.1 Å². The number of hydrogen-bond acceptors (Lipinski definition) is 4. The molecule has 2 N–H and O–H groups in total. The summed E-state index contributed by atoms with van der Waals surface area (Å²) in [6.45, 7) is 0. The standard InChI is InChI=1S/C11H6BrClFN3OS/c12-6-3-7(13)8(14)4-9(6)18-11-5(10(15)19)1-2-16-17-11/h1-4H,(H2,15,19). The minimum atomic E-state index is -0.611. The lowest BCUT2D eigenvalue weighted by molar-refractivity contribution is 0.447. The number of hydrogen-bond donors (Lipinski definition) is 1. The van der Waals surface area contributed by atoms with Crippen LogP contribution in [0.2, 0.25) is 5.02 Å². The molecule has 0 unspecified atom stereocenters. The second-order valence-electron chi connectivity index (χ2n) is 3.41. The molecule has 0 aliphatic carbocycles. The summed E-state index contributed by atoms with van der Waals surface area (Å²) < 4.78 is 19.3. The minimum Gasteiger partial charge on any atom is -0.436 e. The molecule has 4 nitrogen and oxygen atoms in total. The lowest BCUT2D eigenvalue weighted by atomic mass is 10.3. The molecule has 0 radical (unpaired) electrons. The van der Waals surface area contributed by atoms with Gasteiger partial charge in [0.1, 0.15) is 16.6 Å². The third-order valence-electron chi connectivity index (χ3n) is 2.13. The van der Waals surface area contributed by atoms with Gasteiger partial charge in [-0.2, -0.15) is 5.10 Å². The summed E-state index contributed by atoms with van der Waals surface area (Å²) >= 11 is 13.7. The van der Waals surface area contributed by atoms with E-state index in [1.54, 1.807) is 6.07 Å². The average molecular weight is 363 g/mol. The van der Waals surface area contributed by atoms with E-state index in [-0.39, 0.29) is 21.6 Å². The van der Waals surface area contributed by atoms with E-state index in [0.717, 1.165) is 6.07 Å². The van der Waals surface area contributed by atoms with Crippen LogP contribution in [-0.2, 0) is 0 Å². The highest BCUT2D eigenvalue weighted by Gasteiger charge is 2.13. The third kappa shape index (κ3) is 3.17. The Hall–Kier alpha value is -1.31. The SMILES string of the molecule is NC(=S)c1ccnnc1Oc1cc(F)c(Cl)cc1Br. The van der Waals surface area contributed by atoms with Gasteiger partial charge in [0.15, 0.2) is 0 Å². The van der Waals surface area contributed by atoms with Crippen LogP contribution < -0.4 is 10.5 Å². The van der Waals surface area contributed by atoms with Gasteiger partial charge in [-0.25, -0.2) is 4.39 Å². The summed E-state index contributed by atoms with van der Waals surface area (Å²) in [7, 11) is 0. The fraction of sp³-hybridized carbons (Fsp3) is 0. The summed E-state index contributed by atoms with van der Waals surface area (Å²) in [5.74, 6) is -0.321. The number of halogens is 3. The van der Waals surface area contributed by atoms with Gasteiger partial charge in [-0.1, -0.05) is 23.8 Å². The normalized spacial score (nSPS) is 10.3. The van der Waals surface area contributed by atoms with Crippen molar-refractivity contribution in [2.45, 2.75) is 0 Å². The number of aromatic nitrogens is 2. The van der Waals surface area contributed by atoms with Crippen LogP contribution in [0.5, 0.6) is 11.6 Å². The fourth-order valence-electron chi connectivity index (χ4n) is 1.27. The van der Waals surface area contributed by atoms with Crippen molar-refractivity contribution >= 4 is 44.7 Å². The molecular formula is C11H6BrClFN3OS. The van der Waals surface area contributed by atoms with Gasteiger partial charge in [-0.3, -0.25) is 0 Å². The van der Waals surface area contributed by atoms with Crippen LogP contribution >= 0.6 is 39.7 Å². The topological polar surface area (TPSA) is 61.0 Å². The second kappa shape index (κ2) is 5.77. The molecule has 19 heavy (non-hydrogen) atoms. The van der Waals surface area contributed by atoms with Crippen LogP contribution in [0.25, 0.3) is 0 Å². The maximum atomic E-state index is 13.4. The van der Waals surface area contributed by atoms with Gasteiger partial charge < -0.3 is 10.5 Å². The molecule has 0 atom stereocenters. The monoisotopic (exact) mass is 361 g/mol. The predicted octanol–water partition coefficient (Wildman–Crippen LogP) is 3.46. The van der Waals surface area contributed by atoms with Crippen LogP contribution in [0.3, 0.4) is 0 Å². The Labute approximate surface area is 126 Å². The molecule has 0 spiro atoms. The summed E-state index contributed by atoms with van der Waals surface area (Å²) in [5, 5.41) is 7.42. The molecule has 0 saturated heterocycles. The Morgan fingerprint density at radius 1 is 1.47 bits per heavy atom. The molecule has 0 aliphatic rings. The smallest absolute Gasteiger partial charge is 0.249 e. The lowest BCUT2D eigenvalue weighted by Crippen LogP contribution is -2.12. The van der Waals surface area contributed by atoms with Crippen molar-refractivity contribution in [3.8, 4) is 11.6 Å². The molecule has 0 fully saturated rings. The molecule has 1 aromatic carbocycles. The molecule has 1 aromatic heterocycles. The van der Waals surface area contributed by atoms with E-state index in [0.29, 0.717) is 10.0 Å². The molecule has 2 rings (SSSR count). The summed E-state index contributed by atoms with van der Waals surface area (Å²) in [4.78, 5) is 0.107. The molecule has 2 aromatic rings. The van der Waals surface area contributed by atoms with E-state index >= 15 is 0 Å². The number of thiocarbonyl (C=S) groups is 1. The molecule has 0 aliphatic heterocycles. The average Bonchev–Trinajstić information content (AvgIpc) is 2.36. The van der Waals surface area contributed by atoms with Crippen LogP contribution in [0.15, 0.2) is 28.9 Å². The van der Waals surface area contributed by atoms with Crippen molar-refractivity contribution in [2.75, 3.05) is 0 Å². The first-order chi connectivity index (χ1) is 8.99. The van der Waals surface area contributed by atoms with Crippen LogP contribution in [0.1, 0.15) is 5.56 Å². The van der Waals surface area contributed by atoms with Gasteiger partial charge in [0.2, 0.25) is 5.88 Å². The Morgan fingerprint density at radius 2 is 2.21 bits per heavy atom. The first-order valence-corrected chi connectivity index (χ1v) is 6.51. The Kier molecular flexibility index (Phi) is 4.28. The highest BCUT2D eigenvalue weighted by Crippen LogP contribution is 2.33. The Morgan fingerprint density at radius 3 is 2.89 bits per heavy atom. The van der Waals surface area contributed by atoms with E-state index in [1.165, 1.54) is 12.3 Å². The summed E-state index contributed by atoms with van der Waals surface area (Å²) in [6, 6.07) is 4.07. The number of rotatable bonds is 3. The zero-order chi connectivity index (χ0) is 14.0. The van der Waals surface area contributed by atoms with E-state index in [9.17, 15) is 4.39 Å². The molecule has 0 amide bonds.